The van der Waals surface area contributed by atoms with E-state index in [1.165, 1.54) is 6.20 Å². The highest BCUT2D eigenvalue weighted by Gasteiger charge is 2.33. The van der Waals surface area contributed by atoms with Crippen molar-refractivity contribution in [2.24, 2.45) is 0 Å². The molecule has 108 valence electrons. The molecule has 1 heterocycles. The summed E-state index contributed by atoms with van der Waals surface area (Å²) >= 11 is 0. The molecule has 0 bridgehead atoms. The van der Waals surface area contributed by atoms with Gasteiger partial charge in [0.1, 0.15) is 11.4 Å². The maximum absolute atomic E-state index is 12.5. The number of para-hydroxylation sites is 1. The SMILES string of the molecule is CC(C)Oc1cccc(-n2ccc(C(F)(F)F)n2)c1N. The van der Waals surface area contributed by atoms with E-state index in [9.17, 15) is 13.2 Å². The second kappa shape index (κ2) is 5.07. The van der Waals surface area contributed by atoms with Crippen LogP contribution in [-0.4, -0.2) is 15.9 Å². The van der Waals surface area contributed by atoms with E-state index in [1.807, 2.05) is 13.8 Å². The lowest BCUT2D eigenvalue weighted by Gasteiger charge is -2.14. The monoisotopic (exact) mass is 285 g/mol. The van der Waals surface area contributed by atoms with Crippen LogP contribution in [0.1, 0.15) is 19.5 Å². The Bertz CT molecular complexity index is 605. The summed E-state index contributed by atoms with van der Waals surface area (Å²) in [6.45, 7) is 3.67. The van der Waals surface area contributed by atoms with Gasteiger partial charge in [0.2, 0.25) is 0 Å². The van der Waals surface area contributed by atoms with Gasteiger partial charge in [-0.1, -0.05) is 6.07 Å². The van der Waals surface area contributed by atoms with E-state index in [1.54, 1.807) is 18.2 Å². The van der Waals surface area contributed by atoms with E-state index in [2.05, 4.69) is 5.10 Å². The largest absolute Gasteiger partial charge is 0.489 e. The van der Waals surface area contributed by atoms with Crippen molar-refractivity contribution >= 4 is 5.69 Å². The number of anilines is 1. The first-order chi connectivity index (χ1) is 9.29. The highest BCUT2D eigenvalue weighted by atomic mass is 19.4. The number of hydrogen-bond acceptors (Lipinski definition) is 3. The average Bonchev–Trinajstić information content (AvgIpc) is 2.80. The maximum atomic E-state index is 12.5. The zero-order chi connectivity index (χ0) is 14.9. The van der Waals surface area contributed by atoms with E-state index >= 15 is 0 Å². The van der Waals surface area contributed by atoms with Gasteiger partial charge in [0.25, 0.3) is 0 Å². The summed E-state index contributed by atoms with van der Waals surface area (Å²) in [5.74, 6) is 0.418. The normalized spacial score (nSPS) is 11.9. The van der Waals surface area contributed by atoms with Crippen LogP contribution in [0.4, 0.5) is 18.9 Å². The van der Waals surface area contributed by atoms with Crippen LogP contribution in [0.5, 0.6) is 5.75 Å². The predicted molar refractivity (Wildman–Crippen MR) is 68.7 cm³/mol. The molecule has 0 saturated carbocycles. The second-order valence-electron chi connectivity index (χ2n) is 4.50. The third kappa shape index (κ3) is 2.87. The lowest BCUT2D eigenvalue weighted by atomic mass is 10.2. The summed E-state index contributed by atoms with van der Waals surface area (Å²) in [7, 11) is 0. The molecule has 0 atom stereocenters. The average molecular weight is 285 g/mol. The van der Waals surface area contributed by atoms with Gasteiger partial charge in [0.15, 0.2) is 5.69 Å². The molecular formula is C13H14F3N3O. The number of rotatable bonds is 3. The number of halogens is 3. The molecule has 0 aliphatic heterocycles. The lowest BCUT2D eigenvalue weighted by molar-refractivity contribution is -0.141. The minimum atomic E-state index is -4.48. The Balaban J connectivity index is 2.40. The zero-order valence-electron chi connectivity index (χ0n) is 11.0. The summed E-state index contributed by atoms with van der Waals surface area (Å²) in [6.07, 6.45) is -3.35. The molecule has 0 aliphatic carbocycles. The summed E-state index contributed by atoms with van der Waals surface area (Å²) in [5.41, 5.74) is 5.54. The van der Waals surface area contributed by atoms with Gasteiger partial charge in [-0.05, 0) is 32.0 Å². The molecule has 1 aromatic heterocycles. The van der Waals surface area contributed by atoms with Crippen LogP contribution in [0, 0.1) is 0 Å². The minimum Gasteiger partial charge on any atom is -0.489 e. The van der Waals surface area contributed by atoms with Gasteiger partial charge in [0, 0.05) is 6.20 Å². The van der Waals surface area contributed by atoms with Gasteiger partial charge < -0.3 is 10.5 Å². The Morgan fingerprint density at radius 3 is 2.50 bits per heavy atom. The number of alkyl halides is 3. The molecule has 0 fully saturated rings. The Kier molecular flexibility index (Phi) is 3.61. The summed E-state index contributed by atoms with van der Waals surface area (Å²) < 4.78 is 44.2. The zero-order valence-corrected chi connectivity index (χ0v) is 11.0. The Morgan fingerprint density at radius 1 is 1.25 bits per heavy atom. The van der Waals surface area contributed by atoms with Gasteiger partial charge in [-0.3, -0.25) is 0 Å². The fraction of sp³-hybridized carbons (Fsp3) is 0.308. The number of nitrogens with zero attached hydrogens (tertiary/aromatic N) is 2. The molecule has 0 aliphatic rings. The Hall–Kier alpha value is -2.18. The molecule has 2 rings (SSSR count). The third-order valence-corrected chi connectivity index (χ3v) is 2.53. The molecule has 20 heavy (non-hydrogen) atoms. The van der Waals surface area contributed by atoms with E-state index in [0.29, 0.717) is 11.4 Å². The van der Waals surface area contributed by atoms with Gasteiger partial charge in [-0.15, -0.1) is 0 Å². The first-order valence-corrected chi connectivity index (χ1v) is 5.97. The van der Waals surface area contributed by atoms with Gasteiger partial charge in [-0.25, -0.2) is 4.68 Å². The van der Waals surface area contributed by atoms with Gasteiger partial charge >= 0.3 is 6.18 Å². The van der Waals surface area contributed by atoms with Crippen molar-refractivity contribution in [3.8, 4) is 11.4 Å². The molecule has 7 heteroatoms. The quantitative estimate of drug-likeness (QED) is 0.881. The summed E-state index contributed by atoms with van der Waals surface area (Å²) in [6, 6.07) is 5.79. The highest BCUT2D eigenvalue weighted by Crippen LogP contribution is 2.31. The Labute approximate surface area is 114 Å². The first kappa shape index (κ1) is 14.2. The van der Waals surface area contributed by atoms with E-state index in [0.717, 1.165) is 10.7 Å². The smallest absolute Gasteiger partial charge is 0.435 e. The van der Waals surface area contributed by atoms with Crippen molar-refractivity contribution in [3.05, 3.63) is 36.2 Å². The van der Waals surface area contributed by atoms with Gasteiger partial charge in [0.05, 0.1) is 11.8 Å². The van der Waals surface area contributed by atoms with Crippen LogP contribution >= 0.6 is 0 Å². The fourth-order valence-corrected chi connectivity index (χ4v) is 1.70. The Morgan fingerprint density at radius 2 is 1.95 bits per heavy atom. The van der Waals surface area contributed by atoms with E-state index < -0.39 is 11.9 Å². The second-order valence-corrected chi connectivity index (χ2v) is 4.50. The highest BCUT2D eigenvalue weighted by molar-refractivity contribution is 5.66. The molecule has 2 N–H and O–H groups in total. The van der Waals surface area contributed by atoms with Crippen molar-refractivity contribution in [1.29, 1.82) is 0 Å². The van der Waals surface area contributed by atoms with Crippen LogP contribution in [0.15, 0.2) is 30.5 Å². The molecule has 4 nitrogen and oxygen atoms in total. The number of nitrogens with two attached hydrogens (primary N) is 1. The molecule has 0 unspecified atom stereocenters. The predicted octanol–water partition coefficient (Wildman–Crippen LogP) is 3.26. The molecule has 1 aromatic carbocycles. The van der Waals surface area contributed by atoms with Crippen LogP contribution < -0.4 is 10.5 Å². The molecule has 0 saturated heterocycles. The van der Waals surface area contributed by atoms with Crippen molar-refractivity contribution in [3.63, 3.8) is 0 Å². The molecule has 0 spiro atoms. The van der Waals surface area contributed by atoms with Crippen molar-refractivity contribution < 1.29 is 17.9 Å². The maximum Gasteiger partial charge on any atom is 0.435 e. The fourth-order valence-electron chi connectivity index (χ4n) is 1.70. The molecule has 0 amide bonds. The van der Waals surface area contributed by atoms with Crippen molar-refractivity contribution in [2.75, 3.05) is 5.73 Å². The van der Waals surface area contributed by atoms with Crippen LogP contribution in [0.3, 0.4) is 0 Å². The molecular weight excluding hydrogens is 271 g/mol. The van der Waals surface area contributed by atoms with Gasteiger partial charge in [-0.2, -0.15) is 18.3 Å². The number of nitrogen functional groups attached to an aromatic ring is 1. The van der Waals surface area contributed by atoms with E-state index in [4.69, 9.17) is 10.5 Å². The van der Waals surface area contributed by atoms with Crippen molar-refractivity contribution in [2.45, 2.75) is 26.1 Å². The van der Waals surface area contributed by atoms with E-state index in [-0.39, 0.29) is 11.8 Å². The number of ether oxygens (including phenoxy) is 1. The van der Waals surface area contributed by atoms with Crippen molar-refractivity contribution in [1.82, 2.24) is 9.78 Å². The van der Waals surface area contributed by atoms with Crippen LogP contribution in [0.2, 0.25) is 0 Å². The van der Waals surface area contributed by atoms with Crippen LogP contribution in [-0.2, 0) is 6.18 Å². The van der Waals surface area contributed by atoms with Crippen LogP contribution in [0.25, 0.3) is 5.69 Å². The topological polar surface area (TPSA) is 53.1 Å². The minimum absolute atomic E-state index is 0.0871. The third-order valence-electron chi connectivity index (χ3n) is 2.53. The summed E-state index contributed by atoms with van der Waals surface area (Å²) in [5, 5.41) is 3.49. The number of hydrogen-bond donors (Lipinski definition) is 1. The molecule has 2 aromatic rings. The molecule has 0 radical (unpaired) electrons. The lowest BCUT2D eigenvalue weighted by Crippen LogP contribution is -2.10. The summed E-state index contributed by atoms with van der Waals surface area (Å²) in [4.78, 5) is 0. The first-order valence-electron chi connectivity index (χ1n) is 5.97. The standard InChI is InChI=1S/C13H14F3N3O/c1-8(2)20-10-5-3-4-9(12(10)17)19-7-6-11(18-19)13(14,15)16/h3-8H,17H2,1-2H3. The number of aromatic nitrogens is 2. The number of benzene rings is 1.